The van der Waals surface area contributed by atoms with Crippen LogP contribution in [0.5, 0.6) is 0 Å². The summed E-state index contributed by atoms with van der Waals surface area (Å²) in [5, 5.41) is 5.05. The third-order valence-corrected chi connectivity index (χ3v) is 5.29. The largest absolute Gasteiger partial charge is 0.466 e. The maximum atomic E-state index is 12.3. The van der Waals surface area contributed by atoms with Crippen LogP contribution in [-0.2, 0) is 22.4 Å². The van der Waals surface area contributed by atoms with Crippen molar-refractivity contribution in [2.24, 2.45) is 0 Å². The molecule has 5 heteroatoms. The molecule has 0 saturated heterocycles. The first kappa shape index (κ1) is 18.0. The van der Waals surface area contributed by atoms with E-state index in [9.17, 15) is 9.59 Å². The van der Waals surface area contributed by atoms with E-state index in [0.29, 0.717) is 19.6 Å². The molecule has 0 unspecified atom stereocenters. The lowest BCUT2D eigenvalue weighted by Crippen LogP contribution is -2.25. The van der Waals surface area contributed by atoms with Crippen molar-refractivity contribution in [1.82, 2.24) is 5.32 Å². The quantitative estimate of drug-likeness (QED) is 0.550. The summed E-state index contributed by atoms with van der Waals surface area (Å²) in [6.45, 7) is 2.99. The van der Waals surface area contributed by atoms with Crippen LogP contribution in [-0.4, -0.2) is 25.0 Å². The van der Waals surface area contributed by atoms with Crippen molar-refractivity contribution in [3.63, 3.8) is 0 Å². The third-order valence-electron chi connectivity index (χ3n) is 4.20. The number of aryl methyl sites for hydroxylation is 1. The Morgan fingerprint density at radius 1 is 1.17 bits per heavy atom. The van der Waals surface area contributed by atoms with E-state index in [1.165, 1.54) is 23.3 Å². The lowest BCUT2D eigenvalue weighted by atomic mass is 9.95. The number of unbranched alkanes of at least 4 members (excludes halogenated alkanes) is 3. The molecule has 23 heavy (non-hydrogen) atoms. The molecule has 1 aromatic heterocycles. The number of nitrogens with one attached hydrogen (secondary N) is 1. The monoisotopic (exact) mass is 337 g/mol. The molecule has 0 atom stereocenters. The van der Waals surface area contributed by atoms with Crippen molar-refractivity contribution in [2.75, 3.05) is 13.2 Å². The number of fused-ring (bicyclic) bond motifs is 1. The van der Waals surface area contributed by atoms with Crippen LogP contribution in [0.3, 0.4) is 0 Å². The SMILES string of the molecule is CCOC(=O)CCCCCCNC(=O)c1csc2c1CCCC2. The van der Waals surface area contributed by atoms with Crippen LogP contribution in [0.25, 0.3) is 0 Å². The highest BCUT2D eigenvalue weighted by Gasteiger charge is 2.19. The van der Waals surface area contributed by atoms with Gasteiger partial charge in [0, 0.05) is 23.2 Å². The normalized spacial score (nSPS) is 13.4. The van der Waals surface area contributed by atoms with Crippen LogP contribution < -0.4 is 5.32 Å². The van der Waals surface area contributed by atoms with E-state index in [1.54, 1.807) is 11.3 Å². The molecule has 0 bridgehead atoms. The number of carbonyl (C=O) groups excluding carboxylic acids is 2. The maximum absolute atomic E-state index is 12.3. The Bertz CT molecular complexity index is 524. The summed E-state index contributed by atoms with van der Waals surface area (Å²) in [4.78, 5) is 24.9. The van der Waals surface area contributed by atoms with E-state index in [0.717, 1.165) is 44.1 Å². The van der Waals surface area contributed by atoms with Gasteiger partial charge >= 0.3 is 5.97 Å². The van der Waals surface area contributed by atoms with Gasteiger partial charge in [0.2, 0.25) is 0 Å². The molecule has 1 aliphatic rings. The molecule has 1 aliphatic carbocycles. The van der Waals surface area contributed by atoms with Gasteiger partial charge in [-0.25, -0.2) is 0 Å². The van der Waals surface area contributed by atoms with E-state index in [1.807, 2.05) is 12.3 Å². The van der Waals surface area contributed by atoms with Gasteiger partial charge in [-0.15, -0.1) is 11.3 Å². The highest BCUT2D eigenvalue weighted by atomic mass is 32.1. The summed E-state index contributed by atoms with van der Waals surface area (Å²) >= 11 is 1.73. The lowest BCUT2D eigenvalue weighted by molar-refractivity contribution is -0.143. The Balaban J connectivity index is 1.59. The van der Waals surface area contributed by atoms with E-state index in [2.05, 4.69) is 5.32 Å². The number of thiophene rings is 1. The number of hydrogen-bond acceptors (Lipinski definition) is 4. The topological polar surface area (TPSA) is 55.4 Å². The van der Waals surface area contributed by atoms with Crippen molar-refractivity contribution in [2.45, 2.75) is 64.7 Å². The van der Waals surface area contributed by atoms with Gasteiger partial charge in [0.15, 0.2) is 0 Å². The number of amides is 1. The molecule has 4 nitrogen and oxygen atoms in total. The number of hydrogen-bond donors (Lipinski definition) is 1. The molecule has 1 aromatic rings. The standard InChI is InChI=1S/C18H27NO3S/c1-2-22-17(20)11-5-3-4-8-12-19-18(21)15-13-23-16-10-7-6-9-14(15)16/h13H,2-12H2,1H3,(H,19,21). The predicted molar refractivity (Wildman–Crippen MR) is 93.0 cm³/mol. The van der Waals surface area contributed by atoms with E-state index < -0.39 is 0 Å². The second kappa shape index (κ2) is 9.71. The Morgan fingerprint density at radius 2 is 1.96 bits per heavy atom. The van der Waals surface area contributed by atoms with Crippen LogP contribution in [0, 0.1) is 0 Å². The Labute approximate surface area is 142 Å². The van der Waals surface area contributed by atoms with E-state index in [4.69, 9.17) is 4.74 Å². The number of rotatable bonds is 9. The summed E-state index contributed by atoms with van der Waals surface area (Å²) in [5.41, 5.74) is 2.18. The average Bonchev–Trinajstić information content (AvgIpc) is 2.98. The van der Waals surface area contributed by atoms with Gasteiger partial charge in [0.05, 0.1) is 12.2 Å². The van der Waals surface area contributed by atoms with Crippen molar-refractivity contribution in [3.8, 4) is 0 Å². The molecule has 1 heterocycles. The van der Waals surface area contributed by atoms with Crippen LogP contribution >= 0.6 is 11.3 Å². The smallest absolute Gasteiger partial charge is 0.305 e. The van der Waals surface area contributed by atoms with Gasteiger partial charge in [-0.3, -0.25) is 9.59 Å². The summed E-state index contributed by atoms with van der Waals surface area (Å²) in [6, 6.07) is 0. The molecule has 128 valence electrons. The molecule has 0 radical (unpaired) electrons. The van der Waals surface area contributed by atoms with Crippen molar-refractivity contribution in [3.05, 3.63) is 21.4 Å². The minimum absolute atomic E-state index is 0.0796. The molecular weight excluding hydrogens is 310 g/mol. The summed E-state index contributed by atoms with van der Waals surface area (Å²) in [7, 11) is 0. The average molecular weight is 337 g/mol. The minimum Gasteiger partial charge on any atom is -0.466 e. The van der Waals surface area contributed by atoms with E-state index >= 15 is 0 Å². The number of carbonyl (C=O) groups is 2. The zero-order chi connectivity index (χ0) is 16.5. The van der Waals surface area contributed by atoms with Crippen LogP contribution in [0.2, 0.25) is 0 Å². The third kappa shape index (κ3) is 5.65. The molecule has 0 aliphatic heterocycles. The Morgan fingerprint density at radius 3 is 2.78 bits per heavy atom. The predicted octanol–water partition coefficient (Wildman–Crippen LogP) is 3.87. The second-order valence-electron chi connectivity index (χ2n) is 5.98. The molecular formula is C18H27NO3S. The molecule has 1 N–H and O–H groups in total. The highest BCUT2D eigenvalue weighted by molar-refractivity contribution is 7.10. The zero-order valence-corrected chi connectivity index (χ0v) is 14.8. The molecule has 0 fully saturated rings. The summed E-state index contributed by atoms with van der Waals surface area (Å²) in [6.07, 6.45) is 8.99. The van der Waals surface area contributed by atoms with Gasteiger partial charge in [0.1, 0.15) is 0 Å². The Kier molecular flexibility index (Phi) is 7.59. The van der Waals surface area contributed by atoms with Crippen molar-refractivity contribution < 1.29 is 14.3 Å². The van der Waals surface area contributed by atoms with Crippen molar-refractivity contribution in [1.29, 1.82) is 0 Å². The van der Waals surface area contributed by atoms with Crippen molar-refractivity contribution >= 4 is 23.2 Å². The number of ether oxygens (including phenoxy) is 1. The van der Waals surface area contributed by atoms with Gasteiger partial charge < -0.3 is 10.1 Å². The Hall–Kier alpha value is -1.36. The molecule has 0 spiro atoms. The second-order valence-corrected chi connectivity index (χ2v) is 6.95. The molecule has 0 aromatic carbocycles. The van der Waals surface area contributed by atoms with Gasteiger partial charge in [-0.2, -0.15) is 0 Å². The fraction of sp³-hybridized carbons (Fsp3) is 0.667. The lowest BCUT2D eigenvalue weighted by Gasteiger charge is -2.12. The highest BCUT2D eigenvalue weighted by Crippen LogP contribution is 2.30. The fourth-order valence-corrected chi connectivity index (χ4v) is 4.09. The zero-order valence-electron chi connectivity index (χ0n) is 14.0. The summed E-state index contributed by atoms with van der Waals surface area (Å²) in [5.74, 6) is -0.0287. The first-order valence-electron chi connectivity index (χ1n) is 8.75. The molecule has 0 saturated carbocycles. The summed E-state index contributed by atoms with van der Waals surface area (Å²) < 4.78 is 4.89. The van der Waals surface area contributed by atoms with Gasteiger partial charge in [-0.05, 0) is 51.0 Å². The molecule has 2 rings (SSSR count). The first-order chi connectivity index (χ1) is 11.2. The van der Waals surface area contributed by atoms with Crippen LogP contribution in [0.4, 0.5) is 0 Å². The first-order valence-corrected chi connectivity index (χ1v) is 9.63. The fourth-order valence-electron chi connectivity index (χ4n) is 2.96. The number of esters is 1. The van der Waals surface area contributed by atoms with E-state index in [-0.39, 0.29) is 11.9 Å². The maximum Gasteiger partial charge on any atom is 0.305 e. The van der Waals surface area contributed by atoms with Crippen LogP contribution in [0.1, 0.15) is 72.7 Å². The minimum atomic E-state index is -0.108. The molecule has 1 amide bonds. The van der Waals surface area contributed by atoms with Gasteiger partial charge in [0.25, 0.3) is 5.91 Å². The van der Waals surface area contributed by atoms with Crippen LogP contribution in [0.15, 0.2) is 5.38 Å². The van der Waals surface area contributed by atoms with Gasteiger partial charge in [-0.1, -0.05) is 12.8 Å².